The quantitative estimate of drug-likeness (QED) is 0.858. The molecule has 6 nitrogen and oxygen atoms in total. The normalized spacial score (nSPS) is 20.4. The molecule has 150 valence electrons. The van der Waals surface area contributed by atoms with E-state index in [1.54, 1.807) is 7.11 Å². The van der Waals surface area contributed by atoms with Gasteiger partial charge in [0, 0.05) is 29.1 Å². The first-order valence-corrected chi connectivity index (χ1v) is 10.3. The highest BCUT2D eigenvalue weighted by atomic mass is 16.5. The fourth-order valence-electron chi connectivity index (χ4n) is 4.39. The molecule has 1 N–H and O–H groups in total. The van der Waals surface area contributed by atoms with E-state index in [1.165, 1.54) is 6.42 Å². The van der Waals surface area contributed by atoms with Crippen LogP contribution in [0.15, 0.2) is 29.1 Å². The molecule has 2 aliphatic rings. The number of nitrogens with zero attached hydrogens (tertiary/aromatic N) is 1. The number of amides is 1. The molecule has 0 spiro atoms. The second-order valence-corrected chi connectivity index (χ2v) is 7.84. The summed E-state index contributed by atoms with van der Waals surface area (Å²) in [6.45, 7) is 0.969. The maximum atomic E-state index is 13.2. The fourth-order valence-corrected chi connectivity index (χ4v) is 4.39. The first-order valence-electron chi connectivity index (χ1n) is 10.3. The lowest BCUT2D eigenvalue weighted by atomic mass is 9.93. The van der Waals surface area contributed by atoms with E-state index in [9.17, 15) is 9.59 Å². The Morgan fingerprint density at radius 1 is 1.18 bits per heavy atom. The molecule has 6 heteroatoms. The Morgan fingerprint density at radius 3 is 2.71 bits per heavy atom. The van der Waals surface area contributed by atoms with Gasteiger partial charge in [0.1, 0.15) is 11.9 Å². The number of aromatic amines is 1. The number of nitrogens with one attached hydrogen (secondary N) is 1. The number of ether oxygens (including phenoxy) is 2. The van der Waals surface area contributed by atoms with Gasteiger partial charge in [0.15, 0.2) is 0 Å². The fraction of sp³-hybridized carbons (Fsp3) is 0.545. The van der Waals surface area contributed by atoms with Crippen molar-refractivity contribution in [2.45, 2.75) is 63.6 Å². The summed E-state index contributed by atoms with van der Waals surface area (Å²) in [5.41, 5.74) is 1.24. The number of benzene rings is 1. The number of hydrogen-bond acceptors (Lipinski definition) is 4. The number of aromatic nitrogens is 1. The zero-order chi connectivity index (χ0) is 19.5. The van der Waals surface area contributed by atoms with Gasteiger partial charge >= 0.3 is 0 Å². The summed E-state index contributed by atoms with van der Waals surface area (Å²) in [6.07, 6.45) is 6.81. The van der Waals surface area contributed by atoms with Crippen molar-refractivity contribution in [1.82, 2.24) is 9.88 Å². The van der Waals surface area contributed by atoms with Crippen LogP contribution in [-0.2, 0) is 16.1 Å². The van der Waals surface area contributed by atoms with Crippen LogP contribution in [0.2, 0.25) is 0 Å². The summed E-state index contributed by atoms with van der Waals surface area (Å²) in [7, 11) is 1.62. The average Bonchev–Trinajstić information content (AvgIpc) is 3.27. The number of carbonyl (C=O) groups excluding carboxylic acids is 1. The molecule has 1 aromatic heterocycles. The molecule has 4 rings (SSSR count). The lowest BCUT2D eigenvalue weighted by molar-refractivity contribution is -0.144. The largest absolute Gasteiger partial charge is 0.497 e. The van der Waals surface area contributed by atoms with Crippen molar-refractivity contribution in [2.24, 2.45) is 0 Å². The van der Waals surface area contributed by atoms with Crippen LogP contribution in [-0.4, -0.2) is 41.7 Å². The molecule has 1 saturated carbocycles. The molecule has 1 aromatic carbocycles. The van der Waals surface area contributed by atoms with Crippen molar-refractivity contribution in [3.63, 3.8) is 0 Å². The Balaban J connectivity index is 1.65. The van der Waals surface area contributed by atoms with Crippen LogP contribution in [0.3, 0.4) is 0 Å². The van der Waals surface area contributed by atoms with Gasteiger partial charge in [-0.05, 0) is 49.9 Å². The number of carbonyl (C=O) groups is 1. The molecule has 1 aliphatic carbocycles. The Morgan fingerprint density at radius 2 is 2.00 bits per heavy atom. The third-order valence-electron chi connectivity index (χ3n) is 5.97. The molecule has 1 saturated heterocycles. The predicted molar refractivity (Wildman–Crippen MR) is 108 cm³/mol. The summed E-state index contributed by atoms with van der Waals surface area (Å²) in [4.78, 5) is 30.7. The minimum Gasteiger partial charge on any atom is -0.497 e. The minimum absolute atomic E-state index is 0.0366. The third-order valence-corrected chi connectivity index (χ3v) is 5.97. The molecular formula is C22H28N2O4. The van der Waals surface area contributed by atoms with E-state index in [-0.39, 0.29) is 23.6 Å². The lowest BCUT2D eigenvalue weighted by Crippen LogP contribution is -2.46. The summed E-state index contributed by atoms with van der Waals surface area (Å²) < 4.78 is 11.0. The van der Waals surface area contributed by atoms with Crippen LogP contribution < -0.4 is 10.3 Å². The SMILES string of the molecule is COc1ccc2[nH]c(=O)c(CN(C(=O)C3CCCO3)C3CCCCC3)cc2c1. The van der Waals surface area contributed by atoms with Gasteiger partial charge in [-0.15, -0.1) is 0 Å². The smallest absolute Gasteiger partial charge is 0.253 e. The second-order valence-electron chi connectivity index (χ2n) is 7.84. The predicted octanol–water partition coefficient (Wildman–Crippen LogP) is 3.38. The van der Waals surface area contributed by atoms with Crippen LogP contribution in [0.4, 0.5) is 0 Å². The Labute approximate surface area is 164 Å². The van der Waals surface area contributed by atoms with Crippen LogP contribution in [0.5, 0.6) is 5.75 Å². The zero-order valence-corrected chi connectivity index (χ0v) is 16.4. The Hall–Kier alpha value is -2.34. The Bertz CT molecular complexity index is 895. The highest BCUT2D eigenvalue weighted by molar-refractivity contribution is 5.82. The van der Waals surface area contributed by atoms with Crippen molar-refractivity contribution in [2.75, 3.05) is 13.7 Å². The van der Waals surface area contributed by atoms with Crippen molar-refractivity contribution < 1.29 is 14.3 Å². The van der Waals surface area contributed by atoms with Gasteiger partial charge in [0.05, 0.1) is 13.7 Å². The molecule has 0 radical (unpaired) electrons. The first-order chi connectivity index (χ1) is 13.7. The first kappa shape index (κ1) is 19.0. The van der Waals surface area contributed by atoms with Crippen molar-refractivity contribution in [1.29, 1.82) is 0 Å². The van der Waals surface area contributed by atoms with Gasteiger partial charge in [-0.3, -0.25) is 9.59 Å². The van der Waals surface area contributed by atoms with Gasteiger partial charge in [-0.1, -0.05) is 19.3 Å². The van der Waals surface area contributed by atoms with E-state index >= 15 is 0 Å². The van der Waals surface area contributed by atoms with Crippen LogP contribution in [0, 0.1) is 0 Å². The monoisotopic (exact) mass is 384 g/mol. The second kappa shape index (κ2) is 8.35. The van der Waals surface area contributed by atoms with Crippen molar-refractivity contribution in [3.05, 3.63) is 40.2 Å². The van der Waals surface area contributed by atoms with Crippen LogP contribution >= 0.6 is 0 Å². The maximum absolute atomic E-state index is 13.2. The highest BCUT2D eigenvalue weighted by Crippen LogP contribution is 2.27. The number of H-pyrrole nitrogens is 1. The molecule has 0 bridgehead atoms. The van der Waals surface area contributed by atoms with Gasteiger partial charge in [-0.25, -0.2) is 0 Å². The van der Waals surface area contributed by atoms with E-state index < -0.39 is 0 Å². The van der Waals surface area contributed by atoms with Gasteiger partial charge < -0.3 is 19.4 Å². The molecule has 2 fully saturated rings. The van der Waals surface area contributed by atoms with E-state index in [2.05, 4.69) is 4.98 Å². The van der Waals surface area contributed by atoms with Crippen molar-refractivity contribution in [3.8, 4) is 5.75 Å². The number of hydrogen-bond donors (Lipinski definition) is 1. The summed E-state index contributed by atoms with van der Waals surface area (Å²) >= 11 is 0. The van der Waals surface area contributed by atoms with E-state index in [0.717, 1.165) is 55.2 Å². The summed E-state index contributed by atoms with van der Waals surface area (Å²) in [6, 6.07) is 7.64. The standard InChI is InChI=1S/C22H28N2O4/c1-27-18-9-10-19-15(13-18)12-16(21(25)23-19)14-24(17-6-3-2-4-7-17)22(26)20-8-5-11-28-20/h9-10,12-13,17,20H,2-8,11,14H2,1H3,(H,23,25). The zero-order valence-electron chi connectivity index (χ0n) is 16.4. The number of methoxy groups -OCH3 is 1. The molecular weight excluding hydrogens is 356 g/mol. The van der Waals surface area contributed by atoms with E-state index in [0.29, 0.717) is 18.7 Å². The van der Waals surface area contributed by atoms with E-state index in [1.807, 2.05) is 29.2 Å². The minimum atomic E-state index is -0.360. The molecule has 28 heavy (non-hydrogen) atoms. The molecule has 1 aliphatic heterocycles. The third kappa shape index (κ3) is 3.92. The maximum Gasteiger partial charge on any atom is 0.253 e. The van der Waals surface area contributed by atoms with Crippen LogP contribution in [0.25, 0.3) is 10.9 Å². The van der Waals surface area contributed by atoms with Gasteiger partial charge in [0.25, 0.3) is 11.5 Å². The molecule has 1 atom stereocenters. The molecule has 2 heterocycles. The van der Waals surface area contributed by atoms with Gasteiger partial charge in [-0.2, -0.15) is 0 Å². The number of fused-ring (bicyclic) bond motifs is 1. The highest BCUT2D eigenvalue weighted by Gasteiger charge is 2.33. The lowest BCUT2D eigenvalue weighted by Gasteiger charge is -2.35. The average molecular weight is 384 g/mol. The number of pyridine rings is 1. The number of rotatable bonds is 5. The Kier molecular flexibility index (Phi) is 5.67. The summed E-state index contributed by atoms with van der Waals surface area (Å²) in [5, 5.41) is 0.905. The topological polar surface area (TPSA) is 71.6 Å². The molecule has 1 unspecified atom stereocenters. The van der Waals surface area contributed by atoms with E-state index in [4.69, 9.17) is 9.47 Å². The van der Waals surface area contributed by atoms with Crippen LogP contribution in [0.1, 0.15) is 50.5 Å². The molecule has 2 aromatic rings. The van der Waals surface area contributed by atoms with Crippen molar-refractivity contribution >= 4 is 16.8 Å². The van der Waals surface area contributed by atoms with Gasteiger partial charge in [0.2, 0.25) is 0 Å². The molecule has 1 amide bonds. The summed E-state index contributed by atoms with van der Waals surface area (Å²) in [5.74, 6) is 0.777.